The molecule has 0 atom stereocenters. The number of aromatic nitrogens is 1. The van der Waals surface area contributed by atoms with Crippen molar-refractivity contribution in [1.29, 1.82) is 0 Å². The Morgan fingerprint density at radius 2 is 1.78 bits per heavy atom. The van der Waals surface area contributed by atoms with E-state index in [4.69, 9.17) is 34.8 Å². The smallest absolute Gasteiger partial charge is 0.203 e. The molecule has 0 aliphatic heterocycles. The topological polar surface area (TPSA) is 62.0 Å². The van der Waals surface area contributed by atoms with Crippen LogP contribution in [0.4, 0.5) is 15.9 Å². The van der Waals surface area contributed by atoms with Crippen molar-refractivity contribution < 1.29 is 9.18 Å². The fourth-order valence-electron chi connectivity index (χ4n) is 2.67. The van der Waals surface area contributed by atoms with Crippen LogP contribution in [-0.4, -0.2) is 10.8 Å². The maximum atomic E-state index is 14.2. The van der Waals surface area contributed by atoms with E-state index < -0.39 is 22.9 Å². The minimum absolute atomic E-state index is 0.0385. The van der Waals surface area contributed by atoms with Gasteiger partial charge in [-0.05, 0) is 30.3 Å². The number of pyridine rings is 1. The summed E-state index contributed by atoms with van der Waals surface area (Å²) in [6.45, 7) is 3.33. The molecule has 3 rings (SSSR count). The molecule has 3 aromatic rings. The second-order valence-electron chi connectivity index (χ2n) is 6.25. The largest absolute Gasteiger partial charge is 0.339 e. The number of benzene rings is 2. The minimum Gasteiger partial charge on any atom is -0.339 e. The van der Waals surface area contributed by atoms with Crippen LogP contribution in [0.3, 0.4) is 0 Å². The van der Waals surface area contributed by atoms with E-state index in [1.165, 1.54) is 24.3 Å². The summed E-state index contributed by atoms with van der Waals surface area (Å²) in [7, 11) is 0. The highest BCUT2D eigenvalue weighted by molar-refractivity contribution is 6.40. The van der Waals surface area contributed by atoms with Crippen LogP contribution >= 0.6 is 34.8 Å². The van der Waals surface area contributed by atoms with Gasteiger partial charge in [-0.1, -0.05) is 48.7 Å². The molecule has 0 amide bonds. The van der Waals surface area contributed by atoms with Crippen LogP contribution in [0.1, 0.15) is 24.2 Å². The third kappa shape index (κ3) is 3.68. The average Bonchev–Trinajstić information content (AvgIpc) is 2.60. The molecule has 8 heteroatoms. The molecule has 0 radical (unpaired) electrons. The van der Waals surface area contributed by atoms with E-state index in [9.17, 15) is 14.0 Å². The number of hydrogen-bond donors (Lipinski definition) is 2. The Hall–Kier alpha value is -2.08. The van der Waals surface area contributed by atoms with Crippen LogP contribution < -0.4 is 10.7 Å². The van der Waals surface area contributed by atoms with Gasteiger partial charge in [-0.15, -0.1) is 0 Å². The standard InChI is InChI=1S/C19H14Cl3FN2O2/c1-8(2)17(26)15-18(27)14-10(21)4-5-11(22)16(14)25-19(15)24-13-6-3-9(20)7-12(13)23/h3-8H,1-2H3,(H2,24,25,27). The van der Waals surface area contributed by atoms with E-state index in [0.29, 0.717) is 0 Å². The molecule has 0 saturated heterocycles. The molecule has 0 saturated carbocycles. The third-order valence-corrected chi connectivity index (χ3v) is 4.88. The van der Waals surface area contributed by atoms with Gasteiger partial charge in [0.1, 0.15) is 17.2 Å². The number of ketones is 1. The van der Waals surface area contributed by atoms with E-state index in [1.54, 1.807) is 13.8 Å². The van der Waals surface area contributed by atoms with E-state index in [-0.39, 0.29) is 43.0 Å². The summed E-state index contributed by atoms with van der Waals surface area (Å²) in [4.78, 5) is 28.7. The first-order valence-electron chi connectivity index (χ1n) is 8.01. The van der Waals surface area contributed by atoms with Crippen LogP contribution in [-0.2, 0) is 0 Å². The maximum Gasteiger partial charge on any atom is 0.203 e. The predicted molar refractivity (Wildman–Crippen MR) is 108 cm³/mol. The van der Waals surface area contributed by atoms with Crippen LogP contribution in [0.2, 0.25) is 15.1 Å². The van der Waals surface area contributed by atoms with Gasteiger partial charge in [-0.25, -0.2) is 4.39 Å². The van der Waals surface area contributed by atoms with Crippen LogP contribution in [0.25, 0.3) is 10.9 Å². The summed E-state index contributed by atoms with van der Waals surface area (Å²) in [5, 5.41) is 3.51. The van der Waals surface area contributed by atoms with Crippen molar-refractivity contribution in [3.8, 4) is 0 Å². The van der Waals surface area contributed by atoms with Gasteiger partial charge in [-0.2, -0.15) is 0 Å². The van der Waals surface area contributed by atoms with Gasteiger partial charge in [0.2, 0.25) is 5.43 Å². The van der Waals surface area contributed by atoms with Gasteiger partial charge in [0.05, 0.1) is 26.6 Å². The number of H-pyrrole nitrogens is 1. The number of anilines is 2. The summed E-state index contributed by atoms with van der Waals surface area (Å²) in [5.74, 6) is -1.47. The van der Waals surface area contributed by atoms with Crippen molar-refractivity contribution in [3.05, 3.63) is 67.0 Å². The van der Waals surface area contributed by atoms with Crippen molar-refractivity contribution in [2.45, 2.75) is 13.8 Å². The lowest BCUT2D eigenvalue weighted by Gasteiger charge is -2.15. The second-order valence-corrected chi connectivity index (χ2v) is 7.50. The third-order valence-electron chi connectivity index (χ3n) is 4.02. The quantitative estimate of drug-likeness (QED) is 0.487. The Bertz CT molecular complexity index is 1130. The molecule has 0 spiro atoms. The highest BCUT2D eigenvalue weighted by atomic mass is 35.5. The first-order valence-corrected chi connectivity index (χ1v) is 9.14. The van der Waals surface area contributed by atoms with Gasteiger partial charge in [0.15, 0.2) is 5.78 Å². The van der Waals surface area contributed by atoms with Crippen molar-refractivity contribution in [3.63, 3.8) is 0 Å². The lowest BCUT2D eigenvalue weighted by molar-refractivity contribution is 0.0939. The first kappa shape index (κ1) is 19.7. The highest BCUT2D eigenvalue weighted by Crippen LogP contribution is 2.31. The second kappa shape index (κ2) is 7.50. The van der Waals surface area contributed by atoms with Crippen LogP contribution in [0, 0.1) is 11.7 Å². The van der Waals surface area contributed by atoms with Gasteiger partial charge < -0.3 is 10.3 Å². The van der Waals surface area contributed by atoms with E-state index >= 15 is 0 Å². The molecular weight excluding hydrogens is 414 g/mol. The Balaban J connectivity index is 2.32. The minimum atomic E-state index is -0.636. The first-order chi connectivity index (χ1) is 12.7. The molecular formula is C19H14Cl3FN2O2. The summed E-state index contributed by atoms with van der Waals surface area (Å²) in [6, 6.07) is 7.02. The van der Waals surface area contributed by atoms with E-state index in [0.717, 1.165) is 6.07 Å². The molecule has 1 heterocycles. The zero-order valence-electron chi connectivity index (χ0n) is 14.3. The Labute approximate surface area is 169 Å². The van der Waals surface area contributed by atoms with Crippen molar-refractivity contribution in [1.82, 2.24) is 4.98 Å². The van der Waals surface area contributed by atoms with Crippen LogP contribution in [0.5, 0.6) is 0 Å². The lowest BCUT2D eigenvalue weighted by Crippen LogP contribution is -2.23. The molecule has 2 N–H and O–H groups in total. The molecule has 0 aliphatic carbocycles. The molecule has 0 fully saturated rings. The Kier molecular flexibility index (Phi) is 5.47. The lowest BCUT2D eigenvalue weighted by atomic mass is 9.99. The summed E-state index contributed by atoms with van der Waals surface area (Å²) in [5.41, 5.74) is -0.417. The van der Waals surface area contributed by atoms with Crippen molar-refractivity contribution >= 4 is 63.0 Å². The summed E-state index contributed by atoms with van der Waals surface area (Å²) >= 11 is 18.1. The average molecular weight is 428 g/mol. The Morgan fingerprint density at radius 3 is 2.41 bits per heavy atom. The number of nitrogens with one attached hydrogen (secondary N) is 2. The predicted octanol–water partition coefficient (Wildman–Crippen LogP) is 6.21. The number of hydrogen-bond acceptors (Lipinski definition) is 3. The number of carbonyl (C=O) groups is 1. The SMILES string of the molecule is CC(C)C(=O)c1c(Nc2ccc(Cl)cc2F)[nH]c2c(Cl)ccc(Cl)c2c1=O. The summed E-state index contributed by atoms with van der Waals surface area (Å²) < 4.78 is 14.2. The zero-order valence-corrected chi connectivity index (χ0v) is 16.6. The monoisotopic (exact) mass is 426 g/mol. The van der Waals surface area contributed by atoms with Gasteiger partial charge >= 0.3 is 0 Å². The molecule has 0 aliphatic rings. The van der Waals surface area contributed by atoms with Gasteiger partial charge in [0.25, 0.3) is 0 Å². The van der Waals surface area contributed by atoms with Crippen molar-refractivity contribution in [2.24, 2.45) is 5.92 Å². The van der Waals surface area contributed by atoms with Crippen LogP contribution in [0.15, 0.2) is 35.1 Å². The zero-order chi connectivity index (χ0) is 19.9. The maximum absolute atomic E-state index is 14.2. The highest BCUT2D eigenvalue weighted by Gasteiger charge is 2.24. The van der Waals surface area contributed by atoms with E-state index in [2.05, 4.69) is 10.3 Å². The summed E-state index contributed by atoms with van der Waals surface area (Å²) in [6.07, 6.45) is 0. The fourth-order valence-corrected chi connectivity index (χ4v) is 3.27. The molecule has 0 bridgehead atoms. The molecule has 140 valence electrons. The molecule has 27 heavy (non-hydrogen) atoms. The molecule has 1 aromatic heterocycles. The number of carbonyl (C=O) groups excluding carboxylic acids is 1. The number of halogens is 4. The number of Topliss-reactive ketones (excluding diaryl/α,β-unsaturated/α-hetero) is 1. The van der Waals surface area contributed by atoms with Crippen molar-refractivity contribution in [2.75, 3.05) is 5.32 Å². The molecule has 0 unspecified atom stereocenters. The number of rotatable bonds is 4. The van der Waals surface area contributed by atoms with E-state index in [1.807, 2.05) is 0 Å². The van der Waals surface area contributed by atoms with Gasteiger partial charge in [0, 0.05) is 10.9 Å². The molecule has 4 nitrogen and oxygen atoms in total. The fraction of sp³-hybridized carbons (Fsp3) is 0.158. The normalized spacial score (nSPS) is 11.2. The van der Waals surface area contributed by atoms with Gasteiger partial charge in [-0.3, -0.25) is 9.59 Å². The Morgan fingerprint density at radius 1 is 1.11 bits per heavy atom. The molecule has 2 aromatic carbocycles. The number of aromatic amines is 1. The number of fused-ring (bicyclic) bond motifs is 1.